The topological polar surface area (TPSA) is 94.0 Å². The fourth-order valence-corrected chi connectivity index (χ4v) is 3.67. The normalized spacial score (nSPS) is 11.9. The second-order valence-corrected chi connectivity index (χ2v) is 9.03. The summed E-state index contributed by atoms with van der Waals surface area (Å²) in [5.41, 5.74) is 1.58. The Bertz CT molecular complexity index is 1200. The lowest BCUT2D eigenvalue weighted by Crippen LogP contribution is -2.23. The van der Waals surface area contributed by atoms with Crippen LogP contribution in [0.5, 0.6) is 0 Å². The van der Waals surface area contributed by atoms with E-state index < -0.39 is 9.84 Å². The molecular formula is C18H19ClN4O3S. The van der Waals surface area contributed by atoms with Crippen LogP contribution in [0.15, 0.2) is 40.2 Å². The van der Waals surface area contributed by atoms with Crippen molar-refractivity contribution in [1.29, 1.82) is 0 Å². The number of halogens is 1. The largest absolute Gasteiger partial charge is 0.324 e. The first-order valence-corrected chi connectivity index (χ1v) is 10.5. The van der Waals surface area contributed by atoms with Crippen LogP contribution in [0.25, 0.3) is 11.0 Å². The number of pyridine rings is 1. The van der Waals surface area contributed by atoms with E-state index in [1.165, 1.54) is 10.6 Å². The lowest BCUT2D eigenvalue weighted by atomic mass is 10.2. The molecule has 3 aromatic rings. The van der Waals surface area contributed by atoms with Crippen LogP contribution in [0.1, 0.15) is 25.5 Å². The van der Waals surface area contributed by atoms with Crippen molar-refractivity contribution in [1.82, 2.24) is 14.5 Å². The highest BCUT2D eigenvalue weighted by atomic mass is 35.5. The Labute approximate surface area is 162 Å². The van der Waals surface area contributed by atoms with Gasteiger partial charge in [-0.15, -0.1) is 0 Å². The van der Waals surface area contributed by atoms with Gasteiger partial charge in [-0.25, -0.2) is 13.4 Å². The molecule has 2 heterocycles. The van der Waals surface area contributed by atoms with Crippen LogP contribution in [0.2, 0.25) is 5.02 Å². The lowest BCUT2D eigenvalue weighted by molar-refractivity contribution is 0.595. The smallest absolute Gasteiger partial charge is 0.271 e. The molecule has 0 aliphatic heterocycles. The third-order valence-corrected chi connectivity index (χ3v) is 5.50. The number of sulfone groups is 1. The van der Waals surface area contributed by atoms with E-state index in [2.05, 4.69) is 15.3 Å². The number of nitrogens with one attached hydrogen (secondary N) is 1. The summed E-state index contributed by atoms with van der Waals surface area (Å²) in [6, 6.07) is 6.19. The van der Waals surface area contributed by atoms with Crippen LogP contribution in [-0.4, -0.2) is 29.2 Å². The second kappa shape index (κ2) is 6.94. The van der Waals surface area contributed by atoms with Gasteiger partial charge < -0.3 is 5.32 Å². The predicted molar refractivity (Wildman–Crippen MR) is 107 cm³/mol. The minimum absolute atomic E-state index is 0.118. The Kier molecular flexibility index (Phi) is 4.96. The van der Waals surface area contributed by atoms with Crippen LogP contribution in [0.3, 0.4) is 0 Å². The molecule has 0 aliphatic rings. The molecule has 0 amide bonds. The van der Waals surface area contributed by atoms with Gasteiger partial charge >= 0.3 is 0 Å². The monoisotopic (exact) mass is 406 g/mol. The number of anilines is 2. The number of nitrogens with zero attached hydrogens (tertiary/aromatic N) is 3. The maximum absolute atomic E-state index is 12.4. The zero-order valence-corrected chi connectivity index (χ0v) is 16.9. The molecule has 0 spiro atoms. The van der Waals surface area contributed by atoms with E-state index in [0.29, 0.717) is 22.7 Å². The highest BCUT2D eigenvalue weighted by Gasteiger charge is 2.14. The zero-order valence-electron chi connectivity index (χ0n) is 15.3. The van der Waals surface area contributed by atoms with Gasteiger partial charge in [0.1, 0.15) is 10.7 Å². The molecular weight excluding hydrogens is 388 g/mol. The summed E-state index contributed by atoms with van der Waals surface area (Å²) in [5, 5.41) is 3.85. The van der Waals surface area contributed by atoms with E-state index in [1.54, 1.807) is 31.3 Å². The third-order valence-electron chi connectivity index (χ3n) is 4.12. The fraction of sp³-hybridized carbons (Fsp3) is 0.278. The molecule has 9 heteroatoms. The molecule has 3 rings (SSSR count). The van der Waals surface area contributed by atoms with E-state index >= 15 is 0 Å². The molecule has 7 nitrogen and oxygen atoms in total. The number of aromatic nitrogens is 3. The summed E-state index contributed by atoms with van der Waals surface area (Å²) in [6.45, 7) is 5.54. The zero-order chi connectivity index (χ0) is 19.9. The SMILES string of the molecule is Cc1cc(S(C)(=O)=O)ccc1Nc1ncc2cc(Cl)c(=O)n(C(C)C)c2n1. The molecule has 0 unspecified atom stereocenters. The molecule has 0 saturated carbocycles. The summed E-state index contributed by atoms with van der Waals surface area (Å²) in [6.07, 6.45) is 2.76. The second-order valence-electron chi connectivity index (χ2n) is 6.61. The third kappa shape index (κ3) is 3.81. The summed E-state index contributed by atoms with van der Waals surface area (Å²) in [5.74, 6) is 0.300. The fourth-order valence-electron chi connectivity index (χ4n) is 2.75. The molecule has 0 fully saturated rings. The summed E-state index contributed by atoms with van der Waals surface area (Å²) < 4.78 is 24.9. The highest BCUT2D eigenvalue weighted by Crippen LogP contribution is 2.24. The van der Waals surface area contributed by atoms with E-state index in [4.69, 9.17) is 11.6 Å². The standard InChI is InChI=1S/C18H19ClN4O3S/c1-10(2)23-16-12(8-14(19)17(23)24)9-20-18(22-16)21-15-6-5-13(7-11(15)3)27(4,25)26/h5-10H,1-4H3,(H,20,21,22). The molecule has 2 aromatic heterocycles. The average Bonchev–Trinajstić information content (AvgIpc) is 2.56. The molecule has 0 saturated heterocycles. The Balaban J connectivity index is 2.08. The maximum Gasteiger partial charge on any atom is 0.271 e. The number of fused-ring (bicyclic) bond motifs is 1. The van der Waals surface area contributed by atoms with E-state index in [1.807, 2.05) is 13.8 Å². The average molecular weight is 407 g/mol. The number of benzene rings is 1. The summed E-state index contributed by atoms with van der Waals surface area (Å²) in [4.78, 5) is 21.4. The van der Waals surface area contributed by atoms with Gasteiger partial charge in [-0.2, -0.15) is 4.98 Å². The first-order valence-electron chi connectivity index (χ1n) is 8.23. The van der Waals surface area contributed by atoms with Gasteiger partial charge in [-0.1, -0.05) is 11.6 Å². The van der Waals surface area contributed by atoms with Gasteiger partial charge in [-0.3, -0.25) is 9.36 Å². The van der Waals surface area contributed by atoms with Gasteiger partial charge in [0.15, 0.2) is 9.84 Å². The van der Waals surface area contributed by atoms with Crippen LogP contribution in [-0.2, 0) is 9.84 Å². The van der Waals surface area contributed by atoms with Crippen molar-refractivity contribution in [3.8, 4) is 0 Å². The number of hydrogen-bond donors (Lipinski definition) is 1. The van der Waals surface area contributed by atoms with Crippen molar-refractivity contribution in [2.45, 2.75) is 31.7 Å². The van der Waals surface area contributed by atoms with Crippen molar-refractivity contribution < 1.29 is 8.42 Å². The van der Waals surface area contributed by atoms with Gasteiger partial charge in [0.05, 0.1) is 4.90 Å². The van der Waals surface area contributed by atoms with Crippen molar-refractivity contribution in [3.63, 3.8) is 0 Å². The quantitative estimate of drug-likeness (QED) is 0.712. The van der Waals surface area contributed by atoms with E-state index in [9.17, 15) is 13.2 Å². The van der Waals surface area contributed by atoms with Gasteiger partial charge in [0, 0.05) is 29.6 Å². The van der Waals surface area contributed by atoms with Gasteiger partial charge in [0.25, 0.3) is 5.56 Å². The molecule has 1 N–H and O–H groups in total. The molecule has 0 bridgehead atoms. The maximum atomic E-state index is 12.4. The predicted octanol–water partition coefficient (Wildman–Crippen LogP) is 3.48. The van der Waals surface area contributed by atoms with E-state index in [0.717, 1.165) is 11.8 Å². The first-order chi connectivity index (χ1) is 12.6. The highest BCUT2D eigenvalue weighted by molar-refractivity contribution is 7.90. The first kappa shape index (κ1) is 19.3. The van der Waals surface area contributed by atoms with Crippen LogP contribution < -0.4 is 10.9 Å². The molecule has 27 heavy (non-hydrogen) atoms. The lowest BCUT2D eigenvalue weighted by Gasteiger charge is -2.15. The molecule has 0 radical (unpaired) electrons. The molecule has 0 atom stereocenters. The molecule has 142 valence electrons. The number of aryl methyl sites for hydroxylation is 1. The summed E-state index contributed by atoms with van der Waals surface area (Å²) >= 11 is 6.03. The van der Waals surface area contributed by atoms with Crippen molar-refractivity contribution in [2.75, 3.05) is 11.6 Å². The van der Waals surface area contributed by atoms with Crippen LogP contribution in [0.4, 0.5) is 11.6 Å². The Morgan fingerprint density at radius 1 is 1.22 bits per heavy atom. The Morgan fingerprint density at radius 3 is 2.52 bits per heavy atom. The number of rotatable bonds is 4. The Hall–Kier alpha value is -2.45. The van der Waals surface area contributed by atoms with Crippen LogP contribution >= 0.6 is 11.6 Å². The van der Waals surface area contributed by atoms with Gasteiger partial charge in [0.2, 0.25) is 5.95 Å². The minimum Gasteiger partial charge on any atom is -0.324 e. The van der Waals surface area contributed by atoms with Crippen molar-refractivity contribution in [3.05, 3.63) is 51.4 Å². The minimum atomic E-state index is -3.28. The number of hydrogen-bond acceptors (Lipinski definition) is 6. The molecule has 0 aliphatic carbocycles. The Morgan fingerprint density at radius 2 is 1.93 bits per heavy atom. The van der Waals surface area contributed by atoms with E-state index in [-0.39, 0.29) is 21.5 Å². The van der Waals surface area contributed by atoms with Crippen molar-refractivity contribution >= 4 is 44.1 Å². The van der Waals surface area contributed by atoms with Crippen molar-refractivity contribution in [2.24, 2.45) is 0 Å². The summed E-state index contributed by atoms with van der Waals surface area (Å²) in [7, 11) is -3.28. The molecule has 1 aromatic carbocycles. The van der Waals surface area contributed by atoms with Crippen LogP contribution in [0, 0.1) is 6.92 Å². The van der Waals surface area contributed by atoms with Gasteiger partial charge in [-0.05, 0) is 50.6 Å².